The van der Waals surface area contributed by atoms with Gasteiger partial charge in [-0.3, -0.25) is 0 Å². The van der Waals surface area contributed by atoms with E-state index in [0.29, 0.717) is 23.9 Å². The Labute approximate surface area is 196 Å². The minimum absolute atomic E-state index is 0.00427. The zero-order valence-electron chi connectivity index (χ0n) is 19.2. The molecule has 0 fully saturated rings. The Bertz CT molecular complexity index is 1270. The van der Waals surface area contributed by atoms with E-state index in [1.807, 2.05) is 55.5 Å². The Morgan fingerprint density at radius 1 is 1.12 bits per heavy atom. The van der Waals surface area contributed by atoms with E-state index in [9.17, 15) is 15.0 Å². The van der Waals surface area contributed by atoms with Crippen LogP contribution < -0.4 is 0 Å². The maximum Gasteiger partial charge on any atom is 0.359 e. The molecule has 10 nitrogen and oxygen atoms in total. The summed E-state index contributed by atoms with van der Waals surface area (Å²) in [5.74, 6) is 0.216. The van der Waals surface area contributed by atoms with Crippen LogP contribution in [-0.2, 0) is 30.1 Å². The molecule has 4 rings (SSSR count). The van der Waals surface area contributed by atoms with Crippen LogP contribution in [0.1, 0.15) is 48.3 Å². The zero-order valence-corrected chi connectivity index (χ0v) is 19.2. The molecule has 0 saturated heterocycles. The summed E-state index contributed by atoms with van der Waals surface area (Å²) in [6.45, 7) is 5.12. The van der Waals surface area contributed by atoms with Gasteiger partial charge in [-0.05, 0) is 47.9 Å². The third kappa shape index (κ3) is 4.59. The van der Waals surface area contributed by atoms with Crippen LogP contribution in [0.15, 0.2) is 48.5 Å². The highest BCUT2D eigenvalue weighted by atomic mass is 16.5. The fourth-order valence-corrected chi connectivity index (χ4v) is 3.94. The van der Waals surface area contributed by atoms with Crippen molar-refractivity contribution in [2.75, 3.05) is 0 Å². The van der Waals surface area contributed by atoms with Gasteiger partial charge in [-0.2, -0.15) is 0 Å². The highest BCUT2D eigenvalue weighted by Crippen LogP contribution is 2.30. The van der Waals surface area contributed by atoms with Gasteiger partial charge in [-0.25, -0.2) is 14.9 Å². The molecule has 34 heavy (non-hydrogen) atoms. The SMILES string of the molecule is CCn1c(CO)nc(C(=O)OCc2ccc(-c3ccccc3-c3nnn[nH]3)cc2)c1C(C)(C)O. The second-order valence-corrected chi connectivity index (χ2v) is 8.26. The number of nitrogens with one attached hydrogen (secondary N) is 1. The van der Waals surface area contributed by atoms with Crippen molar-refractivity contribution in [3.05, 3.63) is 71.3 Å². The number of carbonyl (C=O) groups excluding carboxylic acids is 1. The first-order valence-electron chi connectivity index (χ1n) is 10.9. The van der Waals surface area contributed by atoms with Crippen molar-refractivity contribution in [2.45, 2.75) is 46.1 Å². The summed E-state index contributed by atoms with van der Waals surface area (Å²) in [4.78, 5) is 17.1. The van der Waals surface area contributed by atoms with Gasteiger partial charge in [0.1, 0.15) is 24.6 Å². The number of aliphatic hydroxyl groups excluding tert-OH is 1. The first-order chi connectivity index (χ1) is 16.3. The maximum atomic E-state index is 12.8. The van der Waals surface area contributed by atoms with Crippen molar-refractivity contribution in [3.63, 3.8) is 0 Å². The van der Waals surface area contributed by atoms with Crippen LogP contribution in [0, 0.1) is 0 Å². The van der Waals surface area contributed by atoms with Gasteiger partial charge in [0.2, 0.25) is 0 Å². The van der Waals surface area contributed by atoms with Crippen LogP contribution >= 0.6 is 0 Å². The number of esters is 1. The number of carbonyl (C=O) groups is 1. The number of imidazole rings is 1. The number of H-pyrrole nitrogens is 1. The first-order valence-corrected chi connectivity index (χ1v) is 10.9. The number of tetrazole rings is 1. The summed E-state index contributed by atoms with van der Waals surface area (Å²) in [5.41, 5.74) is 2.57. The molecule has 0 saturated carbocycles. The average molecular weight is 463 g/mol. The molecule has 3 N–H and O–H groups in total. The van der Waals surface area contributed by atoms with E-state index in [0.717, 1.165) is 22.3 Å². The van der Waals surface area contributed by atoms with Gasteiger partial charge in [0.05, 0.1) is 5.69 Å². The van der Waals surface area contributed by atoms with Gasteiger partial charge in [0.15, 0.2) is 11.5 Å². The topological polar surface area (TPSA) is 139 Å². The molecule has 4 aromatic rings. The molecule has 2 heterocycles. The van der Waals surface area contributed by atoms with Crippen molar-refractivity contribution in [3.8, 4) is 22.5 Å². The van der Waals surface area contributed by atoms with Gasteiger partial charge in [0, 0.05) is 12.1 Å². The Morgan fingerprint density at radius 2 is 1.82 bits per heavy atom. The van der Waals surface area contributed by atoms with Crippen LogP contribution in [-0.4, -0.2) is 46.4 Å². The van der Waals surface area contributed by atoms with Crippen LogP contribution in [0.4, 0.5) is 0 Å². The molecule has 0 bridgehead atoms. The second kappa shape index (κ2) is 9.54. The van der Waals surface area contributed by atoms with Crippen molar-refractivity contribution in [1.82, 2.24) is 30.2 Å². The molecule has 0 amide bonds. The van der Waals surface area contributed by atoms with Crippen LogP contribution in [0.2, 0.25) is 0 Å². The first kappa shape index (κ1) is 23.3. The number of hydrogen-bond acceptors (Lipinski definition) is 8. The number of aromatic amines is 1. The molecule has 2 aromatic carbocycles. The Balaban J connectivity index is 1.53. The van der Waals surface area contributed by atoms with Crippen molar-refractivity contribution >= 4 is 5.97 Å². The van der Waals surface area contributed by atoms with Gasteiger partial charge in [-0.1, -0.05) is 48.5 Å². The van der Waals surface area contributed by atoms with Gasteiger partial charge < -0.3 is 19.5 Å². The number of aliphatic hydroxyl groups is 2. The summed E-state index contributed by atoms with van der Waals surface area (Å²) in [6, 6.07) is 15.4. The molecule has 0 aliphatic carbocycles. The van der Waals surface area contributed by atoms with Crippen molar-refractivity contribution in [1.29, 1.82) is 0 Å². The maximum absolute atomic E-state index is 12.8. The van der Waals surface area contributed by atoms with Gasteiger partial charge >= 0.3 is 5.97 Å². The van der Waals surface area contributed by atoms with Gasteiger partial charge in [-0.15, -0.1) is 5.10 Å². The monoisotopic (exact) mass is 462 g/mol. The summed E-state index contributed by atoms with van der Waals surface area (Å²) >= 11 is 0. The number of ether oxygens (including phenoxy) is 1. The number of benzene rings is 2. The fraction of sp³-hybridized carbons (Fsp3) is 0.292. The van der Waals surface area contributed by atoms with E-state index >= 15 is 0 Å². The Kier molecular flexibility index (Phi) is 6.53. The predicted octanol–water partition coefficient (Wildman–Crippen LogP) is 2.83. The lowest BCUT2D eigenvalue weighted by atomic mass is 9.98. The summed E-state index contributed by atoms with van der Waals surface area (Å²) in [7, 11) is 0. The molecular weight excluding hydrogens is 436 g/mol. The minimum Gasteiger partial charge on any atom is -0.456 e. The number of aromatic nitrogens is 6. The second-order valence-electron chi connectivity index (χ2n) is 8.26. The largest absolute Gasteiger partial charge is 0.456 e. The standard InChI is InChI=1S/C24H26N6O4/c1-4-30-19(13-31)25-20(21(30)24(2,3)33)23(32)34-14-15-9-11-16(12-10-15)17-7-5-6-8-18(17)22-26-28-29-27-22/h5-12,31,33H,4,13-14H2,1-3H3,(H,26,27,28,29). The molecule has 2 aromatic heterocycles. The molecule has 0 spiro atoms. The smallest absolute Gasteiger partial charge is 0.359 e. The van der Waals surface area contributed by atoms with E-state index in [-0.39, 0.29) is 18.9 Å². The molecule has 10 heteroatoms. The summed E-state index contributed by atoms with van der Waals surface area (Å²) < 4.78 is 7.13. The van der Waals surface area contributed by atoms with Crippen molar-refractivity contribution in [2.24, 2.45) is 0 Å². The summed E-state index contributed by atoms with van der Waals surface area (Å²) in [5, 5.41) is 34.3. The van der Waals surface area contributed by atoms with Crippen LogP contribution in [0.3, 0.4) is 0 Å². The Hall–Kier alpha value is -3.89. The van der Waals surface area contributed by atoms with Crippen LogP contribution in [0.25, 0.3) is 22.5 Å². The predicted molar refractivity (Wildman–Crippen MR) is 123 cm³/mol. The normalized spacial score (nSPS) is 11.6. The molecule has 176 valence electrons. The van der Waals surface area contributed by atoms with Crippen LogP contribution in [0.5, 0.6) is 0 Å². The number of nitrogens with zero attached hydrogens (tertiary/aromatic N) is 5. The molecular formula is C24H26N6O4. The summed E-state index contributed by atoms with van der Waals surface area (Å²) in [6.07, 6.45) is 0. The van der Waals surface area contributed by atoms with E-state index in [1.165, 1.54) is 0 Å². The number of rotatable bonds is 8. The number of hydrogen-bond donors (Lipinski definition) is 3. The third-order valence-corrected chi connectivity index (χ3v) is 5.44. The highest BCUT2D eigenvalue weighted by Gasteiger charge is 2.32. The van der Waals surface area contributed by atoms with E-state index in [1.54, 1.807) is 18.4 Å². The lowest BCUT2D eigenvalue weighted by Crippen LogP contribution is -2.25. The zero-order chi connectivity index (χ0) is 24.3. The lowest BCUT2D eigenvalue weighted by Gasteiger charge is -2.21. The third-order valence-electron chi connectivity index (χ3n) is 5.44. The average Bonchev–Trinajstić information content (AvgIpc) is 3.50. The Morgan fingerprint density at radius 3 is 2.41 bits per heavy atom. The molecule has 0 aliphatic heterocycles. The lowest BCUT2D eigenvalue weighted by molar-refractivity contribution is 0.0421. The molecule has 0 radical (unpaired) electrons. The quantitative estimate of drug-likeness (QED) is 0.340. The highest BCUT2D eigenvalue weighted by molar-refractivity contribution is 5.89. The van der Waals surface area contributed by atoms with E-state index < -0.39 is 11.6 Å². The molecule has 0 unspecified atom stereocenters. The van der Waals surface area contributed by atoms with Gasteiger partial charge in [0.25, 0.3) is 0 Å². The van der Waals surface area contributed by atoms with E-state index in [2.05, 4.69) is 25.6 Å². The molecule has 0 atom stereocenters. The molecule has 0 aliphatic rings. The van der Waals surface area contributed by atoms with E-state index in [4.69, 9.17) is 4.74 Å². The minimum atomic E-state index is -1.33. The fourth-order valence-electron chi connectivity index (χ4n) is 3.94. The van der Waals surface area contributed by atoms with Crippen molar-refractivity contribution < 1.29 is 19.7 Å².